The number of rotatable bonds is 5. The summed E-state index contributed by atoms with van der Waals surface area (Å²) in [6, 6.07) is 5.92. The Morgan fingerprint density at radius 3 is 3.06 bits per heavy atom. The maximum atomic E-state index is 10.4. The van der Waals surface area contributed by atoms with E-state index in [9.17, 15) is 4.79 Å². The number of benzene rings is 1. The lowest BCUT2D eigenvalue weighted by Gasteiger charge is -2.14. The molecule has 6 heteroatoms. The molecule has 1 unspecified atom stereocenters. The minimum absolute atomic E-state index is 0.121. The minimum atomic E-state index is -0.757. The van der Waals surface area contributed by atoms with Gasteiger partial charge in [-0.15, -0.1) is 0 Å². The first-order valence-electron chi connectivity index (χ1n) is 5.72. The van der Waals surface area contributed by atoms with Gasteiger partial charge in [0.25, 0.3) is 0 Å². The van der Waals surface area contributed by atoms with E-state index < -0.39 is 6.09 Å². The highest BCUT2D eigenvalue weighted by Crippen LogP contribution is 2.33. The second kappa shape index (κ2) is 5.59. The SMILES string of the molecule is CC(NCCOC(N)=O)c1ccc2c(c1)OCO2. The molecule has 1 aliphatic heterocycles. The summed E-state index contributed by atoms with van der Waals surface area (Å²) in [5.74, 6) is 1.53. The van der Waals surface area contributed by atoms with E-state index in [0.717, 1.165) is 17.1 Å². The van der Waals surface area contributed by atoms with Crippen molar-refractivity contribution in [1.29, 1.82) is 0 Å². The lowest BCUT2D eigenvalue weighted by Crippen LogP contribution is -2.25. The Hall–Kier alpha value is -1.95. The second-order valence-electron chi connectivity index (χ2n) is 3.96. The molecule has 0 aliphatic carbocycles. The monoisotopic (exact) mass is 252 g/mol. The van der Waals surface area contributed by atoms with Crippen LogP contribution in [0.1, 0.15) is 18.5 Å². The van der Waals surface area contributed by atoms with Gasteiger partial charge in [0.05, 0.1) is 0 Å². The third-order valence-corrected chi connectivity index (χ3v) is 2.69. The van der Waals surface area contributed by atoms with Gasteiger partial charge in [0.2, 0.25) is 6.79 Å². The van der Waals surface area contributed by atoms with Crippen LogP contribution in [-0.2, 0) is 4.74 Å². The van der Waals surface area contributed by atoms with Crippen LogP contribution in [0.3, 0.4) is 0 Å². The van der Waals surface area contributed by atoms with Crippen LogP contribution in [0, 0.1) is 0 Å². The first-order valence-corrected chi connectivity index (χ1v) is 5.72. The van der Waals surface area contributed by atoms with Gasteiger partial charge in [0.15, 0.2) is 11.5 Å². The average Bonchev–Trinajstić information content (AvgIpc) is 2.81. The van der Waals surface area contributed by atoms with Crippen molar-refractivity contribution in [1.82, 2.24) is 5.32 Å². The number of amides is 1. The number of fused-ring (bicyclic) bond motifs is 1. The highest BCUT2D eigenvalue weighted by atomic mass is 16.7. The van der Waals surface area contributed by atoms with Crippen molar-refractivity contribution in [3.05, 3.63) is 23.8 Å². The number of nitrogens with two attached hydrogens (primary N) is 1. The van der Waals surface area contributed by atoms with E-state index in [1.54, 1.807) is 0 Å². The van der Waals surface area contributed by atoms with Crippen molar-refractivity contribution in [3.8, 4) is 11.5 Å². The van der Waals surface area contributed by atoms with Crippen molar-refractivity contribution in [2.24, 2.45) is 5.73 Å². The number of nitrogens with one attached hydrogen (secondary N) is 1. The van der Waals surface area contributed by atoms with Gasteiger partial charge < -0.3 is 25.3 Å². The number of ether oxygens (including phenoxy) is 3. The molecule has 1 aliphatic rings. The highest BCUT2D eigenvalue weighted by molar-refractivity contribution is 5.64. The number of hydrogen-bond acceptors (Lipinski definition) is 5. The van der Waals surface area contributed by atoms with Crippen LogP contribution in [-0.4, -0.2) is 26.0 Å². The Labute approximate surface area is 105 Å². The predicted octanol–water partition coefficient (Wildman–Crippen LogP) is 1.16. The quantitative estimate of drug-likeness (QED) is 0.768. The van der Waals surface area contributed by atoms with Gasteiger partial charge in [-0.05, 0) is 24.6 Å². The van der Waals surface area contributed by atoms with E-state index in [2.05, 4.69) is 10.1 Å². The molecule has 0 fully saturated rings. The second-order valence-corrected chi connectivity index (χ2v) is 3.96. The van der Waals surface area contributed by atoms with Crippen molar-refractivity contribution in [2.75, 3.05) is 19.9 Å². The molecule has 6 nitrogen and oxygen atoms in total. The van der Waals surface area contributed by atoms with Crippen LogP contribution in [0.25, 0.3) is 0 Å². The molecule has 2 rings (SSSR count). The first-order chi connectivity index (χ1) is 8.66. The van der Waals surface area contributed by atoms with Crippen LogP contribution in [0.15, 0.2) is 18.2 Å². The highest BCUT2D eigenvalue weighted by Gasteiger charge is 2.15. The summed E-state index contributed by atoms with van der Waals surface area (Å²) in [5.41, 5.74) is 5.94. The molecular weight excluding hydrogens is 236 g/mol. The molecule has 1 heterocycles. The van der Waals surface area contributed by atoms with E-state index in [1.807, 2.05) is 25.1 Å². The van der Waals surface area contributed by atoms with Crippen LogP contribution in [0.5, 0.6) is 11.5 Å². The van der Waals surface area contributed by atoms with E-state index in [1.165, 1.54) is 0 Å². The first kappa shape index (κ1) is 12.5. The van der Waals surface area contributed by atoms with Crippen LogP contribution >= 0.6 is 0 Å². The minimum Gasteiger partial charge on any atom is -0.454 e. The van der Waals surface area contributed by atoms with Crippen LogP contribution < -0.4 is 20.5 Å². The van der Waals surface area contributed by atoms with Crippen molar-refractivity contribution >= 4 is 6.09 Å². The summed E-state index contributed by atoms with van der Waals surface area (Å²) < 4.78 is 15.2. The normalized spacial score (nSPS) is 14.3. The largest absolute Gasteiger partial charge is 0.454 e. The molecule has 3 N–H and O–H groups in total. The lowest BCUT2D eigenvalue weighted by atomic mass is 10.1. The molecule has 0 saturated carbocycles. The van der Waals surface area contributed by atoms with Gasteiger partial charge in [0, 0.05) is 12.6 Å². The summed E-state index contributed by atoms with van der Waals surface area (Å²) in [5, 5.41) is 3.22. The Bertz CT molecular complexity index is 436. The smallest absolute Gasteiger partial charge is 0.404 e. The Kier molecular flexibility index (Phi) is 3.88. The predicted molar refractivity (Wildman–Crippen MR) is 64.5 cm³/mol. The summed E-state index contributed by atoms with van der Waals surface area (Å²) in [6.07, 6.45) is -0.757. The Morgan fingerprint density at radius 1 is 1.50 bits per heavy atom. The molecular formula is C12H16N2O4. The molecule has 0 radical (unpaired) electrons. The van der Waals surface area contributed by atoms with E-state index in [-0.39, 0.29) is 19.4 Å². The molecule has 1 aromatic rings. The van der Waals surface area contributed by atoms with Crippen molar-refractivity contribution < 1.29 is 19.0 Å². The zero-order chi connectivity index (χ0) is 13.0. The summed E-state index contributed by atoms with van der Waals surface area (Å²) in [4.78, 5) is 10.4. The molecule has 98 valence electrons. The topological polar surface area (TPSA) is 82.8 Å². The summed E-state index contributed by atoms with van der Waals surface area (Å²) in [7, 11) is 0. The van der Waals surface area contributed by atoms with Crippen LogP contribution in [0.2, 0.25) is 0 Å². The average molecular weight is 252 g/mol. The molecule has 0 spiro atoms. The zero-order valence-electron chi connectivity index (χ0n) is 10.1. The molecule has 18 heavy (non-hydrogen) atoms. The van der Waals surface area contributed by atoms with Gasteiger partial charge in [-0.25, -0.2) is 4.79 Å². The van der Waals surface area contributed by atoms with Gasteiger partial charge in [-0.2, -0.15) is 0 Å². The van der Waals surface area contributed by atoms with Crippen molar-refractivity contribution in [2.45, 2.75) is 13.0 Å². The molecule has 0 saturated heterocycles. The molecule has 1 atom stereocenters. The maximum absolute atomic E-state index is 10.4. The van der Waals surface area contributed by atoms with Gasteiger partial charge in [-0.1, -0.05) is 6.07 Å². The summed E-state index contributed by atoms with van der Waals surface area (Å²) in [6.45, 7) is 3.08. The van der Waals surface area contributed by atoms with E-state index in [4.69, 9.17) is 15.2 Å². The zero-order valence-corrected chi connectivity index (χ0v) is 10.1. The molecule has 0 aromatic heterocycles. The molecule has 1 amide bonds. The Balaban J connectivity index is 1.85. The number of hydrogen-bond donors (Lipinski definition) is 2. The standard InChI is InChI=1S/C12H16N2O4/c1-8(14-4-5-16-12(13)15)9-2-3-10-11(6-9)18-7-17-10/h2-3,6,8,14H,4-5,7H2,1H3,(H2,13,15). The fourth-order valence-electron chi connectivity index (χ4n) is 1.73. The number of carbonyl (C=O) groups is 1. The third-order valence-electron chi connectivity index (χ3n) is 2.69. The number of carbonyl (C=O) groups excluding carboxylic acids is 1. The molecule has 1 aromatic carbocycles. The fraction of sp³-hybridized carbons (Fsp3) is 0.417. The third kappa shape index (κ3) is 3.04. The van der Waals surface area contributed by atoms with Crippen molar-refractivity contribution in [3.63, 3.8) is 0 Å². The number of primary amides is 1. The fourth-order valence-corrected chi connectivity index (χ4v) is 1.73. The van der Waals surface area contributed by atoms with Gasteiger partial charge >= 0.3 is 6.09 Å². The van der Waals surface area contributed by atoms with E-state index >= 15 is 0 Å². The van der Waals surface area contributed by atoms with Crippen LogP contribution in [0.4, 0.5) is 4.79 Å². The Morgan fingerprint density at radius 2 is 2.28 bits per heavy atom. The van der Waals surface area contributed by atoms with E-state index in [0.29, 0.717) is 6.54 Å². The maximum Gasteiger partial charge on any atom is 0.404 e. The van der Waals surface area contributed by atoms with Gasteiger partial charge in [0.1, 0.15) is 6.61 Å². The van der Waals surface area contributed by atoms with Gasteiger partial charge in [-0.3, -0.25) is 0 Å². The summed E-state index contributed by atoms with van der Waals surface area (Å²) >= 11 is 0. The molecule has 0 bridgehead atoms. The lowest BCUT2D eigenvalue weighted by molar-refractivity contribution is 0.156.